The molecule has 1 heterocycles. The van der Waals surface area contributed by atoms with Crippen LogP contribution < -0.4 is 10.6 Å². The Morgan fingerprint density at radius 3 is 2.74 bits per heavy atom. The molecule has 0 fully saturated rings. The molecular formula is C11H11N3O4S. The van der Waals surface area contributed by atoms with Crippen molar-refractivity contribution in [3.63, 3.8) is 0 Å². The molecule has 0 aromatic carbocycles. The largest absolute Gasteiger partial charge is 0.478 e. The van der Waals surface area contributed by atoms with Crippen LogP contribution in [-0.2, 0) is 22.4 Å². The van der Waals surface area contributed by atoms with Gasteiger partial charge < -0.3 is 5.11 Å². The number of hydrogen-bond donors (Lipinski definition) is 3. The molecule has 100 valence electrons. The van der Waals surface area contributed by atoms with Gasteiger partial charge in [0.25, 0.3) is 5.91 Å². The van der Waals surface area contributed by atoms with Crippen LogP contribution in [0.4, 0.5) is 9.93 Å². The van der Waals surface area contributed by atoms with Crippen LogP contribution in [0.3, 0.4) is 0 Å². The summed E-state index contributed by atoms with van der Waals surface area (Å²) in [7, 11) is 0. The average Bonchev–Trinajstić information content (AvgIpc) is 2.86. The molecule has 1 aliphatic carbocycles. The fourth-order valence-electron chi connectivity index (χ4n) is 1.67. The number of nitrogens with zero attached hydrogens (tertiary/aromatic N) is 1. The number of hydrogen-bond acceptors (Lipinski definition) is 5. The zero-order chi connectivity index (χ0) is 13.8. The fourth-order valence-corrected chi connectivity index (χ4v) is 2.72. The molecule has 1 aromatic heterocycles. The lowest BCUT2D eigenvalue weighted by molar-refractivity contribution is -0.131. The lowest BCUT2D eigenvalue weighted by Gasteiger charge is -2.01. The first-order chi connectivity index (χ1) is 9.04. The number of carboxylic acid groups (broad SMARTS) is 1. The molecule has 0 radical (unpaired) electrons. The first-order valence-electron chi connectivity index (χ1n) is 5.56. The smallest absolute Gasteiger partial charge is 0.328 e. The molecule has 0 atom stereocenters. The second kappa shape index (κ2) is 5.61. The third-order valence-corrected chi connectivity index (χ3v) is 3.50. The first-order valence-corrected chi connectivity index (χ1v) is 6.38. The Bertz CT molecular complexity index is 543. The lowest BCUT2D eigenvalue weighted by Crippen LogP contribution is -2.33. The van der Waals surface area contributed by atoms with Crippen molar-refractivity contribution in [1.29, 1.82) is 0 Å². The highest BCUT2D eigenvalue weighted by Gasteiger charge is 2.17. The third kappa shape index (κ3) is 3.62. The maximum atomic E-state index is 11.4. The van der Waals surface area contributed by atoms with Crippen molar-refractivity contribution in [3.8, 4) is 0 Å². The molecule has 8 heteroatoms. The number of amides is 3. The second-order valence-electron chi connectivity index (χ2n) is 3.86. The van der Waals surface area contributed by atoms with E-state index in [0.29, 0.717) is 11.2 Å². The van der Waals surface area contributed by atoms with E-state index in [0.717, 1.165) is 35.9 Å². The highest BCUT2D eigenvalue weighted by Crippen LogP contribution is 2.30. The number of urea groups is 1. The molecule has 1 aromatic rings. The number of aromatic nitrogens is 1. The summed E-state index contributed by atoms with van der Waals surface area (Å²) in [6.45, 7) is 0. The zero-order valence-corrected chi connectivity index (χ0v) is 10.6. The van der Waals surface area contributed by atoms with Crippen molar-refractivity contribution in [1.82, 2.24) is 10.3 Å². The van der Waals surface area contributed by atoms with E-state index in [4.69, 9.17) is 5.11 Å². The number of aryl methyl sites for hydroxylation is 2. The average molecular weight is 281 g/mol. The summed E-state index contributed by atoms with van der Waals surface area (Å²) in [4.78, 5) is 38.2. The van der Waals surface area contributed by atoms with E-state index in [-0.39, 0.29) is 0 Å². The van der Waals surface area contributed by atoms with Gasteiger partial charge in [0.05, 0.1) is 5.69 Å². The number of carboxylic acids is 1. The number of anilines is 1. The second-order valence-corrected chi connectivity index (χ2v) is 4.94. The van der Waals surface area contributed by atoms with Crippen LogP contribution >= 0.6 is 11.3 Å². The molecule has 0 aliphatic heterocycles. The van der Waals surface area contributed by atoms with Gasteiger partial charge in [-0.3, -0.25) is 15.4 Å². The number of thiazole rings is 1. The molecule has 0 spiro atoms. The van der Waals surface area contributed by atoms with E-state index in [1.807, 2.05) is 5.32 Å². The van der Waals surface area contributed by atoms with Gasteiger partial charge in [0.2, 0.25) is 0 Å². The van der Waals surface area contributed by atoms with Gasteiger partial charge in [-0.2, -0.15) is 0 Å². The number of fused-ring (bicyclic) bond motifs is 1. The summed E-state index contributed by atoms with van der Waals surface area (Å²) in [5.74, 6) is -2.06. The Kier molecular flexibility index (Phi) is 3.91. The Balaban J connectivity index is 1.87. The van der Waals surface area contributed by atoms with Crippen LogP contribution in [0.25, 0.3) is 0 Å². The molecule has 0 unspecified atom stereocenters. The predicted molar refractivity (Wildman–Crippen MR) is 68.1 cm³/mol. The van der Waals surface area contributed by atoms with Gasteiger partial charge in [0.15, 0.2) is 5.13 Å². The lowest BCUT2D eigenvalue weighted by atomic mass is 10.4. The van der Waals surface area contributed by atoms with Crippen molar-refractivity contribution in [2.45, 2.75) is 19.3 Å². The maximum Gasteiger partial charge on any atom is 0.328 e. The zero-order valence-electron chi connectivity index (χ0n) is 9.80. The van der Waals surface area contributed by atoms with Crippen LogP contribution in [0.2, 0.25) is 0 Å². The first kappa shape index (κ1) is 13.2. The van der Waals surface area contributed by atoms with E-state index >= 15 is 0 Å². The summed E-state index contributed by atoms with van der Waals surface area (Å²) in [6, 6.07) is -0.729. The fraction of sp³-hybridized carbons (Fsp3) is 0.273. The molecule has 1 aliphatic rings. The Labute approximate surface area is 112 Å². The molecule has 0 saturated heterocycles. The highest BCUT2D eigenvalue weighted by molar-refractivity contribution is 7.15. The van der Waals surface area contributed by atoms with Crippen molar-refractivity contribution in [2.75, 3.05) is 5.32 Å². The van der Waals surface area contributed by atoms with Gasteiger partial charge in [-0.05, 0) is 19.3 Å². The summed E-state index contributed by atoms with van der Waals surface area (Å²) < 4.78 is 0. The summed E-state index contributed by atoms with van der Waals surface area (Å²) in [5.41, 5.74) is 0.998. The minimum Gasteiger partial charge on any atom is -0.478 e. The van der Waals surface area contributed by atoms with Gasteiger partial charge in [0, 0.05) is 17.0 Å². The number of aliphatic carboxylic acids is 1. The van der Waals surface area contributed by atoms with Crippen LogP contribution in [0.5, 0.6) is 0 Å². The number of nitrogens with one attached hydrogen (secondary N) is 2. The van der Waals surface area contributed by atoms with Gasteiger partial charge >= 0.3 is 12.0 Å². The number of imide groups is 1. The summed E-state index contributed by atoms with van der Waals surface area (Å²) in [6.07, 6.45) is 4.38. The minimum atomic E-state index is -1.26. The minimum absolute atomic E-state index is 0.442. The monoisotopic (exact) mass is 281 g/mol. The van der Waals surface area contributed by atoms with Gasteiger partial charge in [-0.25, -0.2) is 14.6 Å². The topological polar surface area (TPSA) is 108 Å². The molecule has 7 nitrogen and oxygen atoms in total. The van der Waals surface area contributed by atoms with Crippen molar-refractivity contribution < 1.29 is 19.5 Å². The maximum absolute atomic E-state index is 11.4. The molecule has 19 heavy (non-hydrogen) atoms. The molecule has 3 N–H and O–H groups in total. The Morgan fingerprint density at radius 2 is 2.05 bits per heavy atom. The van der Waals surface area contributed by atoms with Crippen LogP contribution in [0, 0.1) is 0 Å². The standard InChI is InChI=1S/C11H11N3O4S/c15-8(4-5-9(16)17)13-10(18)14-11-12-6-2-1-3-7(6)19-11/h4-5H,1-3H2,(H,16,17)(H2,12,13,14,15,18). The van der Waals surface area contributed by atoms with Crippen LogP contribution in [-0.4, -0.2) is 28.0 Å². The Morgan fingerprint density at radius 1 is 1.26 bits per heavy atom. The molecular weight excluding hydrogens is 270 g/mol. The summed E-state index contributed by atoms with van der Waals surface area (Å²) >= 11 is 1.39. The van der Waals surface area contributed by atoms with Crippen molar-refractivity contribution >= 4 is 34.4 Å². The molecule has 3 amide bonds. The van der Waals surface area contributed by atoms with Crippen LogP contribution in [0.1, 0.15) is 17.0 Å². The van der Waals surface area contributed by atoms with Gasteiger partial charge in [-0.1, -0.05) is 0 Å². The van der Waals surface area contributed by atoms with E-state index in [2.05, 4.69) is 10.3 Å². The highest BCUT2D eigenvalue weighted by atomic mass is 32.1. The van der Waals surface area contributed by atoms with Crippen LogP contribution in [0.15, 0.2) is 12.2 Å². The quantitative estimate of drug-likeness (QED) is 0.714. The SMILES string of the molecule is O=C(O)C=CC(=O)NC(=O)Nc1nc2c(s1)CCC2. The third-order valence-electron chi connectivity index (χ3n) is 2.43. The van der Waals surface area contributed by atoms with E-state index in [1.165, 1.54) is 11.3 Å². The number of carbonyl (C=O) groups is 3. The summed E-state index contributed by atoms with van der Waals surface area (Å²) in [5, 5.41) is 13.2. The van der Waals surface area contributed by atoms with Gasteiger partial charge in [-0.15, -0.1) is 11.3 Å². The van der Waals surface area contributed by atoms with E-state index in [1.54, 1.807) is 0 Å². The van der Waals surface area contributed by atoms with Gasteiger partial charge in [0.1, 0.15) is 0 Å². The normalized spacial score (nSPS) is 13.3. The van der Waals surface area contributed by atoms with E-state index < -0.39 is 17.9 Å². The predicted octanol–water partition coefficient (Wildman–Crippen LogP) is 0.921. The Hall–Kier alpha value is -2.22. The number of carbonyl (C=O) groups excluding carboxylic acids is 2. The molecule has 2 rings (SSSR count). The molecule has 0 bridgehead atoms. The molecule has 0 saturated carbocycles. The number of rotatable bonds is 3. The van der Waals surface area contributed by atoms with Crippen molar-refractivity contribution in [2.24, 2.45) is 0 Å². The van der Waals surface area contributed by atoms with Crippen molar-refractivity contribution in [3.05, 3.63) is 22.7 Å². The van der Waals surface area contributed by atoms with E-state index in [9.17, 15) is 14.4 Å².